The molecule has 0 radical (unpaired) electrons. The van der Waals surface area contributed by atoms with Crippen LogP contribution in [-0.2, 0) is 14.3 Å². The second-order valence-corrected chi connectivity index (χ2v) is 3.91. The number of ether oxygens (including phenoxy) is 2. The molecule has 1 N–H and O–H groups in total. The molecule has 1 fully saturated rings. The summed E-state index contributed by atoms with van der Waals surface area (Å²) >= 11 is 0. The Kier molecular flexibility index (Phi) is 3.91. The van der Waals surface area contributed by atoms with Gasteiger partial charge in [-0.3, -0.25) is 9.59 Å². The Bertz CT molecular complexity index is 521. The zero-order valence-corrected chi connectivity index (χ0v) is 10.3. The second kappa shape index (κ2) is 5.61. The highest BCUT2D eigenvalue weighted by atomic mass is 16.5. The van der Waals surface area contributed by atoms with E-state index in [1.165, 1.54) is 18.2 Å². The molecule has 1 unspecified atom stereocenters. The maximum Gasteiger partial charge on any atom is 0.331 e. The van der Waals surface area contributed by atoms with Gasteiger partial charge in [0.2, 0.25) is 0 Å². The lowest BCUT2D eigenvalue weighted by Gasteiger charge is -2.33. The van der Waals surface area contributed by atoms with Crippen LogP contribution in [0, 0.1) is 0 Å². The fourth-order valence-electron chi connectivity index (χ4n) is 1.78. The van der Waals surface area contributed by atoms with Crippen LogP contribution in [0.2, 0.25) is 0 Å². The molecule has 8 heteroatoms. The number of aromatic amines is 1. The van der Waals surface area contributed by atoms with Crippen molar-refractivity contribution in [1.82, 2.24) is 14.9 Å². The second-order valence-electron chi connectivity index (χ2n) is 3.91. The lowest BCUT2D eigenvalue weighted by molar-refractivity contribution is -0.151. The topological polar surface area (TPSA) is 102 Å². The van der Waals surface area contributed by atoms with Gasteiger partial charge in [0.25, 0.3) is 11.5 Å². The molecule has 102 valence electrons. The maximum absolute atomic E-state index is 12.2. The van der Waals surface area contributed by atoms with Gasteiger partial charge >= 0.3 is 5.97 Å². The smallest absolute Gasteiger partial charge is 0.331 e. The maximum atomic E-state index is 12.2. The Morgan fingerprint density at radius 2 is 2.37 bits per heavy atom. The number of amides is 1. The first-order valence-corrected chi connectivity index (χ1v) is 5.64. The molecule has 19 heavy (non-hydrogen) atoms. The Morgan fingerprint density at radius 3 is 3.00 bits per heavy atom. The first kappa shape index (κ1) is 13.2. The zero-order chi connectivity index (χ0) is 13.8. The van der Waals surface area contributed by atoms with Crippen molar-refractivity contribution in [3.05, 3.63) is 28.4 Å². The van der Waals surface area contributed by atoms with E-state index in [-0.39, 0.29) is 18.8 Å². The van der Waals surface area contributed by atoms with Gasteiger partial charge in [-0.1, -0.05) is 0 Å². The number of hydrogen-bond donors (Lipinski definition) is 1. The van der Waals surface area contributed by atoms with Crippen LogP contribution in [0.25, 0.3) is 0 Å². The number of methoxy groups -OCH3 is 1. The highest BCUT2D eigenvalue weighted by molar-refractivity contribution is 5.95. The molecule has 1 aromatic rings. The lowest BCUT2D eigenvalue weighted by Crippen LogP contribution is -2.53. The number of carbonyl (C=O) groups excluding carboxylic acids is 2. The third kappa shape index (κ3) is 2.79. The summed E-state index contributed by atoms with van der Waals surface area (Å²) in [6.45, 7) is 0.684. The van der Waals surface area contributed by atoms with E-state index in [2.05, 4.69) is 14.7 Å². The number of morpholine rings is 1. The molecule has 2 heterocycles. The molecule has 1 atom stereocenters. The Labute approximate surface area is 108 Å². The summed E-state index contributed by atoms with van der Waals surface area (Å²) in [4.78, 5) is 42.2. The third-order valence-corrected chi connectivity index (χ3v) is 2.75. The van der Waals surface area contributed by atoms with E-state index < -0.39 is 23.5 Å². The molecule has 0 spiro atoms. The Balaban J connectivity index is 2.22. The molecule has 0 aromatic carbocycles. The third-order valence-electron chi connectivity index (χ3n) is 2.75. The summed E-state index contributed by atoms with van der Waals surface area (Å²) in [5.74, 6) is -0.993. The van der Waals surface area contributed by atoms with E-state index in [0.717, 1.165) is 6.20 Å². The Morgan fingerprint density at radius 1 is 1.58 bits per heavy atom. The normalized spacial score (nSPS) is 19.0. The average Bonchev–Trinajstić information content (AvgIpc) is 2.46. The average molecular weight is 267 g/mol. The highest BCUT2D eigenvalue weighted by Crippen LogP contribution is 2.11. The molecular weight excluding hydrogens is 254 g/mol. The van der Waals surface area contributed by atoms with Gasteiger partial charge in [0.15, 0.2) is 6.04 Å². The molecule has 1 amide bonds. The highest BCUT2D eigenvalue weighted by Gasteiger charge is 2.34. The minimum absolute atomic E-state index is 0.0652. The summed E-state index contributed by atoms with van der Waals surface area (Å²) in [6, 6.07) is -0.792. The predicted octanol–water partition coefficient (Wildman–Crippen LogP) is -1.22. The minimum atomic E-state index is -0.792. The van der Waals surface area contributed by atoms with Crippen LogP contribution in [0.4, 0.5) is 0 Å². The van der Waals surface area contributed by atoms with Crippen LogP contribution in [0.5, 0.6) is 0 Å². The summed E-state index contributed by atoms with van der Waals surface area (Å²) in [5.41, 5.74) is -0.335. The van der Waals surface area contributed by atoms with Crippen molar-refractivity contribution in [2.75, 3.05) is 26.9 Å². The lowest BCUT2D eigenvalue weighted by atomic mass is 10.2. The number of H-pyrrole nitrogens is 1. The molecule has 1 aliphatic rings. The number of aromatic nitrogens is 2. The molecule has 8 nitrogen and oxygen atoms in total. The van der Waals surface area contributed by atoms with Crippen LogP contribution < -0.4 is 5.56 Å². The first-order chi connectivity index (χ1) is 9.13. The fourth-order valence-corrected chi connectivity index (χ4v) is 1.78. The Hall–Kier alpha value is -2.22. The molecular formula is C11H13N3O5. The number of nitrogens with one attached hydrogen (secondary N) is 1. The van der Waals surface area contributed by atoms with Gasteiger partial charge in [0.1, 0.15) is 5.69 Å². The molecule has 1 aromatic heterocycles. The van der Waals surface area contributed by atoms with Crippen molar-refractivity contribution in [2.24, 2.45) is 0 Å². The zero-order valence-electron chi connectivity index (χ0n) is 10.3. The summed E-state index contributed by atoms with van der Waals surface area (Å²) in [5, 5.41) is 0. The van der Waals surface area contributed by atoms with E-state index in [1.807, 2.05) is 0 Å². The van der Waals surface area contributed by atoms with Gasteiger partial charge in [0.05, 0.1) is 26.5 Å². The molecule has 2 rings (SSSR count). The summed E-state index contributed by atoms with van der Waals surface area (Å²) in [7, 11) is 1.25. The van der Waals surface area contributed by atoms with E-state index in [4.69, 9.17) is 4.74 Å². The monoisotopic (exact) mass is 267 g/mol. The van der Waals surface area contributed by atoms with Crippen LogP contribution in [0.3, 0.4) is 0 Å². The predicted molar refractivity (Wildman–Crippen MR) is 62.5 cm³/mol. The van der Waals surface area contributed by atoms with Crippen molar-refractivity contribution in [2.45, 2.75) is 6.04 Å². The quantitative estimate of drug-likeness (QED) is 0.674. The minimum Gasteiger partial charge on any atom is -0.467 e. The van der Waals surface area contributed by atoms with E-state index in [0.29, 0.717) is 6.61 Å². The van der Waals surface area contributed by atoms with Crippen molar-refractivity contribution in [3.8, 4) is 0 Å². The first-order valence-electron chi connectivity index (χ1n) is 5.64. The number of rotatable bonds is 2. The van der Waals surface area contributed by atoms with Gasteiger partial charge in [-0.2, -0.15) is 0 Å². The van der Waals surface area contributed by atoms with Gasteiger partial charge in [-0.05, 0) is 0 Å². The van der Waals surface area contributed by atoms with E-state index in [9.17, 15) is 14.4 Å². The number of carbonyl (C=O) groups is 2. The van der Waals surface area contributed by atoms with Crippen LogP contribution >= 0.6 is 0 Å². The molecule has 1 saturated heterocycles. The van der Waals surface area contributed by atoms with Gasteiger partial charge < -0.3 is 19.4 Å². The van der Waals surface area contributed by atoms with Gasteiger partial charge in [-0.15, -0.1) is 0 Å². The fraction of sp³-hybridized carbons (Fsp3) is 0.455. The number of nitrogens with zero attached hydrogens (tertiary/aromatic N) is 2. The van der Waals surface area contributed by atoms with Crippen molar-refractivity contribution >= 4 is 11.9 Å². The molecule has 0 aliphatic carbocycles. The molecule has 1 aliphatic heterocycles. The van der Waals surface area contributed by atoms with Crippen LogP contribution in [-0.4, -0.2) is 59.7 Å². The van der Waals surface area contributed by atoms with Crippen LogP contribution in [0.15, 0.2) is 17.2 Å². The molecule has 0 saturated carbocycles. The number of hydrogen-bond acceptors (Lipinski definition) is 6. The summed E-state index contributed by atoms with van der Waals surface area (Å²) < 4.78 is 9.80. The van der Waals surface area contributed by atoms with E-state index >= 15 is 0 Å². The van der Waals surface area contributed by atoms with Crippen molar-refractivity contribution < 1.29 is 19.1 Å². The van der Waals surface area contributed by atoms with E-state index in [1.54, 1.807) is 0 Å². The molecule has 0 bridgehead atoms. The van der Waals surface area contributed by atoms with Crippen molar-refractivity contribution in [1.29, 1.82) is 0 Å². The standard InChI is InChI=1S/C11H13N3O5/c1-18-11(17)8-6-19-3-2-14(8)10(16)7-4-13-9(15)5-12-7/h4-5,8H,2-3,6H2,1H3,(H,13,15). The van der Waals surface area contributed by atoms with Gasteiger partial charge in [0, 0.05) is 12.7 Å². The SMILES string of the molecule is COC(=O)C1COCCN1C(=O)c1c[nH]c(=O)cn1. The number of esters is 1. The largest absolute Gasteiger partial charge is 0.467 e. The summed E-state index contributed by atoms with van der Waals surface area (Å²) in [6.07, 6.45) is 2.23. The van der Waals surface area contributed by atoms with Gasteiger partial charge in [-0.25, -0.2) is 9.78 Å². The van der Waals surface area contributed by atoms with Crippen molar-refractivity contribution in [3.63, 3.8) is 0 Å². The van der Waals surface area contributed by atoms with Crippen LogP contribution in [0.1, 0.15) is 10.5 Å².